The highest BCUT2D eigenvalue weighted by Crippen LogP contribution is 2.40. The normalized spacial score (nSPS) is 33.1. The molecule has 1 aliphatic carbocycles. The van der Waals surface area contributed by atoms with Crippen LogP contribution in [0.25, 0.3) is 0 Å². The highest BCUT2D eigenvalue weighted by atomic mass is 16.6. The van der Waals surface area contributed by atoms with Crippen molar-refractivity contribution in [2.45, 2.75) is 23.9 Å². The van der Waals surface area contributed by atoms with E-state index in [2.05, 4.69) is 0 Å². The predicted octanol–water partition coefficient (Wildman–Crippen LogP) is -3.76. The minimum atomic E-state index is -1.86. The number of nitro groups is 2. The van der Waals surface area contributed by atoms with Gasteiger partial charge in [-0.25, -0.2) is 0 Å². The summed E-state index contributed by atoms with van der Waals surface area (Å²) in [5.41, 5.74) is -3.57. The number of aliphatic carboxylic acids is 1. The van der Waals surface area contributed by atoms with E-state index in [9.17, 15) is 34.9 Å². The number of hydrogen-bond donors (Lipinski definition) is 1. The fraction of sp³-hybridized carbons (Fsp3) is 0.733. The third-order valence-electron chi connectivity index (χ3n) is 5.45. The average Bonchev–Trinajstić information content (AvgIpc) is 2.60. The number of rotatable bonds is 5. The van der Waals surface area contributed by atoms with Crippen molar-refractivity contribution in [1.82, 2.24) is 4.90 Å². The molecule has 0 spiro atoms. The van der Waals surface area contributed by atoms with Crippen molar-refractivity contribution >= 4 is 11.9 Å². The number of likely N-dealkylation sites (tertiary alicyclic amines) is 1. The Morgan fingerprint density at radius 3 is 2.41 bits per heavy atom. The van der Waals surface area contributed by atoms with Gasteiger partial charge in [-0.1, -0.05) is 0 Å². The molecule has 0 radical (unpaired) electrons. The fourth-order valence-electron chi connectivity index (χ4n) is 4.42. The zero-order chi connectivity index (χ0) is 19.8. The van der Waals surface area contributed by atoms with Crippen molar-refractivity contribution in [2.75, 3.05) is 45.9 Å². The lowest BCUT2D eigenvalue weighted by atomic mass is 9.69. The van der Waals surface area contributed by atoms with Gasteiger partial charge in [0.1, 0.15) is 19.5 Å². The molecule has 3 atom stereocenters. The van der Waals surface area contributed by atoms with Crippen molar-refractivity contribution in [1.29, 1.82) is 0 Å². The van der Waals surface area contributed by atoms with Crippen molar-refractivity contribution in [3.63, 3.8) is 0 Å². The Morgan fingerprint density at radius 1 is 1.19 bits per heavy atom. The molecule has 2 aliphatic heterocycles. The summed E-state index contributed by atoms with van der Waals surface area (Å²) in [6.45, 7) is 0.281. The van der Waals surface area contributed by atoms with Gasteiger partial charge in [0.05, 0.1) is 25.6 Å². The molecular weight excluding hydrogens is 364 g/mol. The van der Waals surface area contributed by atoms with Crippen LogP contribution in [0, 0.1) is 20.2 Å². The molecule has 0 aromatic heterocycles. The number of hydrogen-bond acceptors (Lipinski definition) is 8. The number of carboxylic acid groups (broad SMARTS) is 1. The largest absolute Gasteiger partial charge is 0.544 e. The second-order valence-corrected chi connectivity index (χ2v) is 7.42. The molecule has 1 unspecified atom stereocenters. The van der Waals surface area contributed by atoms with Gasteiger partial charge in [-0.2, -0.15) is 0 Å². The Labute approximate surface area is 153 Å². The SMILES string of the molecule is O=C([O-])C[NH+]1C[C@@]2([N+](=O)[O-])C=C(C(=O)N3CCOCC3)C[C@@]([N+](=O)[O-])(C1)C2. The molecule has 12 nitrogen and oxygen atoms in total. The minimum Gasteiger partial charge on any atom is -0.544 e. The number of piperidine rings is 1. The van der Waals surface area contributed by atoms with E-state index >= 15 is 0 Å². The molecule has 27 heavy (non-hydrogen) atoms. The second-order valence-electron chi connectivity index (χ2n) is 7.42. The molecule has 1 N–H and O–H groups in total. The molecule has 3 aliphatic rings. The maximum Gasteiger partial charge on any atom is 0.295 e. The van der Waals surface area contributed by atoms with Gasteiger partial charge in [0, 0.05) is 34.6 Å². The van der Waals surface area contributed by atoms with Crippen LogP contribution >= 0.6 is 0 Å². The van der Waals surface area contributed by atoms with Crippen LogP contribution < -0.4 is 10.0 Å². The zero-order valence-corrected chi connectivity index (χ0v) is 14.5. The number of nitrogens with one attached hydrogen (secondary N) is 1. The standard InChI is InChI=1S/C15H20N4O8/c20-12(21)7-16-9-14(18(23)24)5-11(6-15(8-14,10-16)19(25)26)13(22)17-1-3-27-4-2-17/h5H,1-4,6-10H2,(H,20,21)/t14-,15+/m1/s1. The summed E-state index contributed by atoms with van der Waals surface area (Å²) in [5, 5.41) is 34.7. The van der Waals surface area contributed by atoms with Gasteiger partial charge in [-0.3, -0.25) is 25.0 Å². The number of carboxylic acids is 1. The number of carbonyl (C=O) groups excluding carboxylic acids is 2. The molecule has 2 saturated heterocycles. The number of ether oxygens (including phenoxy) is 1. The van der Waals surface area contributed by atoms with Gasteiger partial charge in [0.25, 0.3) is 11.1 Å². The molecule has 12 heteroatoms. The average molecular weight is 384 g/mol. The van der Waals surface area contributed by atoms with Gasteiger partial charge in [-0.05, 0) is 0 Å². The Hall–Kier alpha value is -2.60. The maximum atomic E-state index is 12.8. The number of quaternary nitrogens is 1. The fourth-order valence-corrected chi connectivity index (χ4v) is 4.42. The summed E-state index contributed by atoms with van der Waals surface area (Å²) < 4.78 is 5.18. The molecule has 0 saturated carbocycles. The van der Waals surface area contributed by atoms with Gasteiger partial charge >= 0.3 is 0 Å². The van der Waals surface area contributed by atoms with Gasteiger partial charge in [-0.15, -0.1) is 0 Å². The van der Waals surface area contributed by atoms with E-state index < -0.39 is 39.3 Å². The van der Waals surface area contributed by atoms with E-state index in [0.717, 1.165) is 0 Å². The minimum absolute atomic E-state index is 0.0454. The number of amides is 1. The zero-order valence-electron chi connectivity index (χ0n) is 14.5. The summed E-state index contributed by atoms with van der Waals surface area (Å²) in [6.07, 6.45) is 0.583. The molecular formula is C15H20N4O8. The summed E-state index contributed by atoms with van der Waals surface area (Å²) in [4.78, 5) is 47.9. The predicted molar refractivity (Wildman–Crippen MR) is 84.7 cm³/mol. The van der Waals surface area contributed by atoms with Crippen molar-refractivity contribution in [2.24, 2.45) is 0 Å². The first-order valence-corrected chi connectivity index (χ1v) is 8.59. The van der Waals surface area contributed by atoms with Crippen LogP contribution in [0.2, 0.25) is 0 Å². The van der Waals surface area contributed by atoms with Gasteiger partial charge in [0.2, 0.25) is 5.91 Å². The quantitative estimate of drug-likeness (QED) is 0.373. The third-order valence-corrected chi connectivity index (χ3v) is 5.45. The molecule has 2 heterocycles. The first-order valence-electron chi connectivity index (χ1n) is 8.59. The summed E-state index contributed by atoms with van der Waals surface area (Å²) in [5.74, 6) is -1.89. The Kier molecular flexibility index (Phi) is 4.86. The molecule has 0 aromatic carbocycles. The summed E-state index contributed by atoms with van der Waals surface area (Å²) >= 11 is 0. The van der Waals surface area contributed by atoms with Crippen LogP contribution in [0.5, 0.6) is 0 Å². The van der Waals surface area contributed by atoms with Crippen LogP contribution in [-0.4, -0.2) is 83.6 Å². The van der Waals surface area contributed by atoms with Crippen LogP contribution in [0.4, 0.5) is 0 Å². The van der Waals surface area contributed by atoms with Crippen LogP contribution in [-0.2, 0) is 14.3 Å². The van der Waals surface area contributed by atoms with Crippen molar-refractivity contribution < 1.29 is 34.2 Å². The molecule has 2 fully saturated rings. The second kappa shape index (κ2) is 6.85. The Balaban J connectivity index is 2.00. The highest BCUT2D eigenvalue weighted by Gasteiger charge is 2.67. The van der Waals surface area contributed by atoms with E-state index in [1.54, 1.807) is 0 Å². The molecule has 2 bridgehead atoms. The van der Waals surface area contributed by atoms with Gasteiger partial charge in [0.15, 0.2) is 6.54 Å². The third kappa shape index (κ3) is 3.49. The number of morpholine rings is 1. The molecule has 0 aromatic rings. The van der Waals surface area contributed by atoms with E-state index in [1.165, 1.54) is 11.0 Å². The number of fused-ring (bicyclic) bond motifs is 2. The van der Waals surface area contributed by atoms with E-state index in [0.29, 0.717) is 26.3 Å². The summed E-state index contributed by atoms with van der Waals surface area (Å²) in [7, 11) is 0. The lowest BCUT2D eigenvalue weighted by Crippen LogP contribution is -3.19. The highest BCUT2D eigenvalue weighted by molar-refractivity contribution is 5.94. The van der Waals surface area contributed by atoms with Crippen LogP contribution in [0.3, 0.4) is 0 Å². The van der Waals surface area contributed by atoms with Crippen LogP contribution in [0.1, 0.15) is 12.8 Å². The van der Waals surface area contributed by atoms with Crippen molar-refractivity contribution in [3.05, 3.63) is 31.9 Å². The number of nitrogens with zero attached hydrogens (tertiary/aromatic N) is 3. The first-order chi connectivity index (χ1) is 12.7. The number of carbonyl (C=O) groups is 2. The smallest absolute Gasteiger partial charge is 0.295 e. The van der Waals surface area contributed by atoms with Crippen LogP contribution in [0.15, 0.2) is 11.6 Å². The van der Waals surface area contributed by atoms with E-state index in [-0.39, 0.29) is 36.4 Å². The van der Waals surface area contributed by atoms with E-state index in [1.807, 2.05) is 0 Å². The Morgan fingerprint density at radius 2 is 1.85 bits per heavy atom. The monoisotopic (exact) mass is 384 g/mol. The molecule has 3 rings (SSSR count). The maximum absolute atomic E-state index is 12.8. The lowest BCUT2D eigenvalue weighted by Gasteiger charge is -2.43. The topological polar surface area (TPSA) is 160 Å². The van der Waals surface area contributed by atoms with Gasteiger partial charge < -0.3 is 24.4 Å². The molecule has 148 valence electrons. The lowest BCUT2D eigenvalue weighted by molar-refractivity contribution is -0.938. The van der Waals surface area contributed by atoms with E-state index in [4.69, 9.17) is 4.74 Å². The summed E-state index contributed by atoms with van der Waals surface area (Å²) in [6, 6.07) is 0. The first kappa shape index (κ1) is 19.2. The Bertz CT molecular complexity index is 719. The molecule has 1 amide bonds. The van der Waals surface area contributed by atoms with Crippen molar-refractivity contribution in [3.8, 4) is 0 Å².